The zero-order chi connectivity index (χ0) is 16.3. The molecule has 0 heterocycles. The Morgan fingerprint density at radius 1 is 1.14 bits per heavy atom. The number of benzene rings is 2. The van der Waals surface area contributed by atoms with E-state index in [1.165, 1.54) is 25.1 Å². The van der Waals surface area contributed by atoms with Crippen molar-refractivity contribution in [3.8, 4) is 5.75 Å². The van der Waals surface area contributed by atoms with E-state index in [0.717, 1.165) is 0 Å². The average Bonchev–Trinajstić information content (AvgIpc) is 2.44. The van der Waals surface area contributed by atoms with Crippen molar-refractivity contribution in [1.82, 2.24) is 0 Å². The van der Waals surface area contributed by atoms with E-state index in [-0.39, 0.29) is 17.2 Å². The van der Waals surface area contributed by atoms with Gasteiger partial charge in [0.05, 0.1) is 16.3 Å². The summed E-state index contributed by atoms with van der Waals surface area (Å²) in [4.78, 5) is 23.2. The van der Waals surface area contributed by atoms with E-state index in [9.17, 15) is 14.7 Å². The molecule has 0 aliphatic heterocycles. The molecule has 0 atom stereocenters. The number of halogens is 2. The van der Waals surface area contributed by atoms with Gasteiger partial charge in [-0.1, -0.05) is 27.5 Å². The normalized spacial score (nSPS) is 10.1. The molecule has 2 aromatic carbocycles. The van der Waals surface area contributed by atoms with Gasteiger partial charge in [0.15, 0.2) is 0 Å². The number of nitrogens with one attached hydrogen (secondary N) is 2. The van der Waals surface area contributed by atoms with Crippen molar-refractivity contribution in [2.45, 2.75) is 6.92 Å². The lowest BCUT2D eigenvalue weighted by atomic mass is 10.2. The van der Waals surface area contributed by atoms with E-state index in [1.807, 2.05) is 0 Å². The highest BCUT2D eigenvalue weighted by Gasteiger charge is 2.13. The van der Waals surface area contributed by atoms with Gasteiger partial charge >= 0.3 is 0 Å². The number of carbonyl (C=O) groups is 2. The van der Waals surface area contributed by atoms with Gasteiger partial charge in [0.2, 0.25) is 5.91 Å². The van der Waals surface area contributed by atoms with Gasteiger partial charge in [-0.3, -0.25) is 9.59 Å². The Morgan fingerprint density at radius 3 is 2.50 bits per heavy atom. The van der Waals surface area contributed by atoms with E-state index >= 15 is 0 Å². The van der Waals surface area contributed by atoms with Crippen molar-refractivity contribution in [3.05, 3.63) is 51.5 Å². The number of rotatable bonds is 3. The van der Waals surface area contributed by atoms with Crippen molar-refractivity contribution in [2.24, 2.45) is 0 Å². The zero-order valence-corrected chi connectivity index (χ0v) is 13.8. The average molecular weight is 384 g/mol. The summed E-state index contributed by atoms with van der Waals surface area (Å²) in [5, 5.41) is 15.2. The van der Waals surface area contributed by atoms with Crippen LogP contribution in [-0.2, 0) is 4.79 Å². The maximum absolute atomic E-state index is 12.2. The molecule has 0 fully saturated rings. The van der Waals surface area contributed by atoms with Crippen LogP contribution in [0.4, 0.5) is 11.4 Å². The maximum Gasteiger partial charge on any atom is 0.259 e. The largest absolute Gasteiger partial charge is 0.507 e. The number of hydrogen-bond donors (Lipinski definition) is 3. The van der Waals surface area contributed by atoms with Crippen LogP contribution in [0.15, 0.2) is 40.9 Å². The SMILES string of the molecule is CC(=O)Nc1ccc(NC(=O)c2cc(Br)ccc2O)cc1Cl. The zero-order valence-electron chi connectivity index (χ0n) is 11.5. The molecule has 114 valence electrons. The lowest BCUT2D eigenvalue weighted by Crippen LogP contribution is -2.12. The van der Waals surface area contributed by atoms with Crippen LogP contribution in [0.3, 0.4) is 0 Å². The van der Waals surface area contributed by atoms with Crippen LogP contribution >= 0.6 is 27.5 Å². The van der Waals surface area contributed by atoms with E-state index in [4.69, 9.17) is 11.6 Å². The summed E-state index contributed by atoms with van der Waals surface area (Å²) in [6.07, 6.45) is 0. The van der Waals surface area contributed by atoms with Gasteiger partial charge in [-0.05, 0) is 36.4 Å². The van der Waals surface area contributed by atoms with Crippen molar-refractivity contribution in [2.75, 3.05) is 10.6 Å². The van der Waals surface area contributed by atoms with Gasteiger partial charge in [0.1, 0.15) is 5.75 Å². The molecule has 0 radical (unpaired) electrons. The molecule has 2 amide bonds. The molecule has 22 heavy (non-hydrogen) atoms. The third-order valence-electron chi connectivity index (χ3n) is 2.74. The molecule has 0 aromatic heterocycles. The molecule has 0 unspecified atom stereocenters. The van der Waals surface area contributed by atoms with Crippen molar-refractivity contribution in [3.63, 3.8) is 0 Å². The lowest BCUT2D eigenvalue weighted by molar-refractivity contribution is -0.114. The predicted molar refractivity (Wildman–Crippen MR) is 89.5 cm³/mol. The molecule has 0 aliphatic carbocycles. The number of amides is 2. The number of phenolic OH excluding ortho intramolecular Hbond substituents is 1. The molecule has 0 saturated heterocycles. The van der Waals surface area contributed by atoms with E-state index in [1.54, 1.807) is 18.2 Å². The summed E-state index contributed by atoms with van der Waals surface area (Å²) in [5.41, 5.74) is 1.04. The molecule has 0 saturated carbocycles. The molecule has 7 heteroatoms. The topological polar surface area (TPSA) is 78.4 Å². The Balaban J connectivity index is 2.20. The van der Waals surface area contributed by atoms with Crippen LogP contribution < -0.4 is 10.6 Å². The Morgan fingerprint density at radius 2 is 1.86 bits per heavy atom. The first-order valence-corrected chi connectivity index (χ1v) is 7.41. The first kappa shape index (κ1) is 16.3. The Kier molecular flexibility index (Phi) is 5.05. The van der Waals surface area contributed by atoms with Crippen molar-refractivity contribution < 1.29 is 14.7 Å². The summed E-state index contributed by atoms with van der Waals surface area (Å²) < 4.78 is 0.675. The van der Waals surface area contributed by atoms with E-state index in [2.05, 4.69) is 26.6 Å². The van der Waals surface area contributed by atoms with E-state index in [0.29, 0.717) is 20.9 Å². The third-order valence-corrected chi connectivity index (χ3v) is 3.55. The minimum Gasteiger partial charge on any atom is -0.507 e. The molecule has 0 aliphatic rings. The third kappa shape index (κ3) is 3.99. The smallest absolute Gasteiger partial charge is 0.259 e. The van der Waals surface area contributed by atoms with Gasteiger partial charge in [-0.25, -0.2) is 0 Å². The number of anilines is 2. The minimum atomic E-state index is -0.470. The van der Waals surface area contributed by atoms with Crippen molar-refractivity contribution in [1.29, 1.82) is 0 Å². The highest BCUT2D eigenvalue weighted by atomic mass is 79.9. The Labute approximate surface area is 140 Å². The second-order valence-corrected chi connectivity index (χ2v) is 5.81. The van der Waals surface area contributed by atoms with Gasteiger partial charge in [-0.2, -0.15) is 0 Å². The van der Waals surface area contributed by atoms with Crippen LogP contribution in [0.5, 0.6) is 5.75 Å². The summed E-state index contributed by atoms with van der Waals surface area (Å²) in [5.74, 6) is -0.832. The standard InChI is InChI=1S/C15H12BrClN2O3/c1-8(20)18-13-4-3-10(7-12(13)17)19-15(22)11-6-9(16)2-5-14(11)21/h2-7,21H,1H3,(H,18,20)(H,19,22). The van der Waals surface area contributed by atoms with Gasteiger partial charge < -0.3 is 15.7 Å². The molecular formula is C15H12BrClN2O3. The Hall–Kier alpha value is -2.05. The second-order valence-electron chi connectivity index (χ2n) is 4.49. The lowest BCUT2D eigenvalue weighted by Gasteiger charge is -2.10. The summed E-state index contributed by atoms with van der Waals surface area (Å²) in [6.45, 7) is 1.38. The second kappa shape index (κ2) is 6.81. The van der Waals surface area contributed by atoms with Crippen LogP contribution in [0, 0.1) is 0 Å². The highest BCUT2D eigenvalue weighted by Crippen LogP contribution is 2.27. The van der Waals surface area contributed by atoms with Gasteiger partial charge in [0, 0.05) is 17.1 Å². The summed E-state index contributed by atoms with van der Waals surface area (Å²) in [6, 6.07) is 9.26. The first-order valence-electron chi connectivity index (χ1n) is 6.24. The van der Waals surface area contributed by atoms with E-state index < -0.39 is 5.91 Å². The predicted octanol–water partition coefficient (Wildman–Crippen LogP) is 4.02. The number of aromatic hydroxyl groups is 1. The summed E-state index contributed by atoms with van der Waals surface area (Å²) >= 11 is 9.28. The van der Waals surface area contributed by atoms with Crippen molar-refractivity contribution >= 4 is 50.7 Å². The number of carbonyl (C=O) groups excluding carboxylic acids is 2. The molecule has 3 N–H and O–H groups in total. The molecule has 2 rings (SSSR count). The molecule has 5 nitrogen and oxygen atoms in total. The number of phenols is 1. The molecular weight excluding hydrogens is 372 g/mol. The number of hydrogen-bond acceptors (Lipinski definition) is 3. The first-order chi connectivity index (χ1) is 10.4. The molecule has 0 bridgehead atoms. The highest BCUT2D eigenvalue weighted by molar-refractivity contribution is 9.10. The molecule has 0 spiro atoms. The van der Waals surface area contributed by atoms with Crippen LogP contribution in [-0.4, -0.2) is 16.9 Å². The summed E-state index contributed by atoms with van der Waals surface area (Å²) in [7, 11) is 0. The fourth-order valence-electron chi connectivity index (χ4n) is 1.77. The molecule has 2 aromatic rings. The van der Waals surface area contributed by atoms with Crippen LogP contribution in [0.25, 0.3) is 0 Å². The fraction of sp³-hybridized carbons (Fsp3) is 0.0667. The Bertz CT molecular complexity index is 750. The van der Waals surface area contributed by atoms with Crippen LogP contribution in [0.1, 0.15) is 17.3 Å². The quantitative estimate of drug-likeness (QED) is 0.749. The fourth-order valence-corrected chi connectivity index (χ4v) is 2.36. The van der Waals surface area contributed by atoms with Gasteiger partial charge in [-0.15, -0.1) is 0 Å². The monoisotopic (exact) mass is 382 g/mol. The maximum atomic E-state index is 12.2. The van der Waals surface area contributed by atoms with Gasteiger partial charge in [0.25, 0.3) is 5.91 Å². The van der Waals surface area contributed by atoms with Crippen LogP contribution in [0.2, 0.25) is 5.02 Å². The minimum absolute atomic E-state index is 0.123.